The molecule has 0 saturated heterocycles. The fourth-order valence-corrected chi connectivity index (χ4v) is 4.67. The van der Waals surface area contributed by atoms with Gasteiger partial charge in [-0.1, -0.05) is 50.1 Å². The molecule has 0 aliphatic heterocycles. The molecule has 2 rings (SSSR count). The Morgan fingerprint density at radius 2 is 1.69 bits per heavy atom. The minimum Gasteiger partial charge on any atom is -0.354 e. The number of aryl methyl sites for hydroxylation is 2. The third kappa shape index (κ3) is 8.25. The van der Waals surface area contributed by atoms with Gasteiger partial charge in [0.2, 0.25) is 21.8 Å². The van der Waals surface area contributed by atoms with Crippen molar-refractivity contribution in [3.05, 3.63) is 64.2 Å². The zero-order chi connectivity index (χ0) is 26.2. The highest BCUT2D eigenvalue weighted by molar-refractivity contribution is 7.92. The molecule has 2 aromatic rings. The Labute approximate surface area is 214 Å². The monoisotopic (exact) mass is 521 g/mol. The van der Waals surface area contributed by atoms with E-state index in [2.05, 4.69) is 5.32 Å². The average molecular weight is 522 g/mol. The van der Waals surface area contributed by atoms with E-state index in [0.717, 1.165) is 40.1 Å². The summed E-state index contributed by atoms with van der Waals surface area (Å²) in [4.78, 5) is 28.1. The van der Waals surface area contributed by atoms with E-state index in [1.54, 1.807) is 36.4 Å². The van der Waals surface area contributed by atoms with Crippen molar-refractivity contribution in [3.63, 3.8) is 0 Å². The van der Waals surface area contributed by atoms with Gasteiger partial charge in [-0.2, -0.15) is 0 Å². The van der Waals surface area contributed by atoms with Crippen molar-refractivity contribution in [1.82, 2.24) is 10.2 Å². The first kappa shape index (κ1) is 28.7. The lowest BCUT2D eigenvalue weighted by molar-refractivity contribution is -0.140. The molecule has 0 fully saturated rings. The largest absolute Gasteiger partial charge is 0.354 e. The summed E-state index contributed by atoms with van der Waals surface area (Å²) in [5.41, 5.74) is 3.14. The third-order valence-corrected chi connectivity index (χ3v) is 7.33. The van der Waals surface area contributed by atoms with Crippen molar-refractivity contribution >= 4 is 39.1 Å². The molecule has 1 N–H and O–H groups in total. The number of nitrogens with zero attached hydrogens (tertiary/aromatic N) is 2. The van der Waals surface area contributed by atoms with Crippen molar-refractivity contribution in [2.75, 3.05) is 23.7 Å². The number of halogens is 1. The molecular formula is C26H36ClN3O4S. The van der Waals surface area contributed by atoms with Crippen LogP contribution in [0.1, 0.15) is 49.8 Å². The number of carbonyl (C=O) groups is 2. The Hall–Kier alpha value is -2.58. The van der Waals surface area contributed by atoms with Gasteiger partial charge in [0, 0.05) is 18.1 Å². The minimum atomic E-state index is -3.76. The molecule has 0 aliphatic carbocycles. The van der Waals surface area contributed by atoms with Gasteiger partial charge in [0.05, 0.1) is 11.9 Å². The topological polar surface area (TPSA) is 86.8 Å². The Morgan fingerprint density at radius 1 is 1.03 bits per heavy atom. The lowest BCUT2D eigenvalue weighted by Crippen LogP contribution is -2.52. The zero-order valence-electron chi connectivity index (χ0n) is 21.2. The number of anilines is 1. The zero-order valence-corrected chi connectivity index (χ0v) is 22.7. The summed E-state index contributed by atoms with van der Waals surface area (Å²) in [6.45, 7) is 7.96. The number of rotatable bonds is 12. The van der Waals surface area contributed by atoms with E-state index in [1.165, 1.54) is 4.90 Å². The first-order valence-electron chi connectivity index (χ1n) is 11.8. The van der Waals surface area contributed by atoms with Crippen LogP contribution in [0.25, 0.3) is 0 Å². The van der Waals surface area contributed by atoms with Crippen molar-refractivity contribution in [2.24, 2.45) is 0 Å². The van der Waals surface area contributed by atoms with Crippen LogP contribution in [-0.2, 0) is 26.2 Å². The Kier molecular flexibility index (Phi) is 10.6. The van der Waals surface area contributed by atoms with Crippen LogP contribution in [0.5, 0.6) is 0 Å². The van der Waals surface area contributed by atoms with Gasteiger partial charge < -0.3 is 10.2 Å². The molecular weight excluding hydrogens is 486 g/mol. The third-order valence-electron chi connectivity index (χ3n) is 5.94. The van der Waals surface area contributed by atoms with Crippen molar-refractivity contribution in [2.45, 2.75) is 59.5 Å². The fraction of sp³-hybridized carbons (Fsp3) is 0.462. The number of amides is 2. The van der Waals surface area contributed by atoms with Gasteiger partial charge in [-0.25, -0.2) is 8.42 Å². The second-order valence-corrected chi connectivity index (χ2v) is 11.1. The second-order valence-electron chi connectivity index (χ2n) is 8.75. The number of hydrogen-bond donors (Lipinski definition) is 1. The maximum atomic E-state index is 13.6. The molecule has 0 unspecified atom stereocenters. The molecule has 35 heavy (non-hydrogen) atoms. The van der Waals surface area contributed by atoms with Crippen LogP contribution < -0.4 is 9.62 Å². The molecule has 2 amide bonds. The number of hydrogen-bond acceptors (Lipinski definition) is 4. The Morgan fingerprint density at radius 3 is 2.23 bits per heavy atom. The standard InChI is InChI=1S/C26H36ClN3O4S/c1-6-8-15-28-26(32)24(7-2)29(17-21-10-12-22(27)13-11-21)25(31)18-30(35(5,33)34)23-14-9-19(3)20(4)16-23/h9-14,16,24H,6-8,15,17-18H2,1-5H3,(H,28,32)/t24-/m0/s1. The average Bonchev–Trinajstić information content (AvgIpc) is 2.80. The van der Waals surface area contributed by atoms with E-state index in [4.69, 9.17) is 11.6 Å². The van der Waals surface area contributed by atoms with Gasteiger partial charge in [0.15, 0.2) is 0 Å². The molecule has 0 aromatic heterocycles. The van der Waals surface area contributed by atoms with Gasteiger partial charge in [-0.15, -0.1) is 0 Å². The number of carbonyl (C=O) groups excluding carboxylic acids is 2. The highest BCUT2D eigenvalue weighted by Crippen LogP contribution is 2.23. The minimum absolute atomic E-state index is 0.153. The van der Waals surface area contributed by atoms with Gasteiger partial charge in [-0.3, -0.25) is 13.9 Å². The highest BCUT2D eigenvalue weighted by atomic mass is 35.5. The summed E-state index contributed by atoms with van der Waals surface area (Å²) in [6, 6.07) is 11.6. The molecule has 2 aromatic carbocycles. The van der Waals surface area contributed by atoms with Crippen LogP contribution in [0.4, 0.5) is 5.69 Å². The van der Waals surface area contributed by atoms with Crippen molar-refractivity contribution in [1.29, 1.82) is 0 Å². The number of nitrogens with one attached hydrogen (secondary N) is 1. The molecule has 1 atom stereocenters. The molecule has 0 bridgehead atoms. The lowest BCUT2D eigenvalue weighted by Gasteiger charge is -2.33. The van der Waals surface area contributed by atoms with E-state index in [0.29, 0.717) is 23.7 Å². The van der Waals surface area contributed by atoms with E-state index in [-0.39, 0.29) is 12.5 Å². The highest BCUT2D eigenvalue weighted by Gasteiger charge is 2.31. The van der Waals surface area contributed by atoms with Gasteiger partial charge in [0.1, 0.15) is 12.6 Å². The quantitative estimate of drug-likeness (QED) is 0.418. The van der Waals surface area contributed by atoms with Crippen molar-refractivity contribution in [3.8, 4) is 0 Å². The summed E-state index contributed by atoms with van der Waals surface area (Å²) < 4.78 is 26.5. The van der Waals surface area contributed by atoms with E-state index < -0.39 is 28.5 Å². The molecule has 9 heteroatoms. The summed E-state index contributed by atoms with van der Waals surface area (Å²) in [5, 5.41) is 3.47. The molecule has 7 nitrogen and oxygen atoms in total. The van der Waals surface area contributed by atoms with Crippen LogP contribution in [0.2, 0.25) is 5.02 Å². The van der Waals surface area contributed by atoms with Crippen LogP contribution in [0, 0.1) is 13.8 Å². The Bertz CT molecular complexity index is 1120. The fourth-order valence-electron chi connectivity index (χ4n) is 3.71. The first-order chi connectivity index (χ1) is 16.5. The Balaban J connectivity index is 2.41. The summed E-state index contributed by atoms with van der Waals surface area (Å²) in [7, 11) is -3.76. The smallest absolute Gasteiger partial charge is 0.244 e. The van der Waals surface area contributed by atoms with Crippen LogP contribution in [0.15, 0.2) is 42.5 Å². The van der Waals surface area contributed by atoms with Crippen LogP contribution in [0.3, 0.4) is 0 Å². The predicted molar refractivity (Wildman–Crippen MR) is 142 cm³/mol. The number of sulfonamides is 1. The number of unbranched alkanes of at least 4 members (excludes halogenated alkanes) is 1. The van der Waals surface area contributed by atoms with E-state index >= 15 is 0 Å². The summed E-state index contributed by atoms with van der Waals surface area (Å²) >= 11 is 6.01. The lowest BCUT2D eigenvalue weighted by atomic mass is 10.1. The van der Waals surface area contributed by atoms with Gasteiger partial charge >= 0.3 is 0 Å². The first-order valence-corrected chi connectivity index (χ1v) is 14.1. The van der Waals surface area contributed by atoms with Crippen LogP contribution >= 0.6 is 11.6 Å². The van der Waals surface area contributed by atoms with E-state index in [9.17, 15) is 18.0 Å². The second kappa shape index (κ2) is 12.9. The number of benzene rings is 2. The SMILES string of the molecule is CCCCNC(=O)[C@H](CC)N(Cc1ccc(Cl)cc1)C(=O)CN(c1ccc(C)c(C)c1)S(C)(=O)=O. The maximum Gasteiger partial charge on any atom is 0.244 e. The normalized spacial score (nSPS) is 12.2. The molecule has 192 valence electrons. The van der Waals surface area contributed by atoms with Gasteiger partial charge in [-0.05, 0) is 67.6 Å². The molecule has 0 heterocycles. The predicted octanol–water partition coefficient (Wildman–Crippen LogP) is 4.45. The van der Waals surface area contributed by atoms with E-state index in [1.807, 2.05) is 33.8 Å². The molecule has 0 radical (unpaired) electrons. The van der Waals surface area contributed by atoms with Gasteiger partial charge in [0.25, 0.3) is 0 Å². The van der Waals surface area contributed by atoms with Crippen molar-refractivity contribution < 1.29 is 18.0 Å². The maximum absolute atomic E-state index is 13.6. The molecule has 0 spiro atoms. The molecule has 0 saturated carbocycles. The summed E-state index contributed by atoms with van der Waals surface area (Å²) in [6.07, 6.45) is 3.24. The summed E-state index contributed by atoms with van der Waals surface area (Å²) in [5.74, 6) is -0.707. The molecule has 0 aliphatic rings. The van der Waals surface area contributed by atoms with Crippen LogP contribution in [-0.4, -0.2) is 50.5 Å².